The molecule has 3 aliphatic heterocycles. The topological polar surface area (TPSA) is 295 Å². The number of fused-ring (bicyclic) bond motifs is 2. The molecule has 0 radical (unpaired) electrons. The molecule has 0 aliphatic carbocycles. The van der Waals surface area contributed by atoms with Crippen molar-refractivity contribution in [3.63, 3.8) is 0 Å². The molecule has 1 unspecified atom stereocenters. The molecule has 3 aromatic rings. The number of nitrogens with two attached hydrogens (primary N) is 1. The fraction of sp³-hybridized carbons (Fsp3) is 0.478. The number of aliphatic imine (C=N–C) groups is 1. The lowest BCUT2D eigenvalue weighted by molar-refractivity contribution is -0.135. The molecule has 0 bridgehead atoms. The quantitative estimate of drug-likeness (QED) is 0.0872. The number of rotatable bonds is 12. The number of aromatic amines is 1. The fourth-order valence-corrected chi connectivity index (χ4v) is 9.20. The van der Waals surface area contributed by atoms with E-state index in [-0.39, 0.29) is 32.2 Å². The molecule has 10 N–H and O–H groups in total. The van der Waals surface area contributed by atoms with Crippen LogP contribution in [-0.4, -0.2) is 125 Å². The maximum atomic E-state index is 15.2. The number of aromatic nitrogens is 1. The van der Waals surface area contributed by atoms with Crippen molar-refractivity contribution in [1.29, 1.82) is 0 Å². The van der Waals surface area contributed by atoms with E-state index in [1.807, 2.05) is 31.2 Å². The summed E-state index contributed by atoms with van der Waals surface area (Å²) in [6.45, 7) is 4.62. The second-order valence-corrected chi connectivity index (χ2v) is 17.2. The summed E-state index contributed by atoms with van der Waals surface area (Å²) in [7, 11) is 1.37. The van der Waals surface area contributed by atoms with Crippen LogP contribution in [0.1, 0.15) is 70.4 Å². The highest BCUT2D eigenvalue weighted by atomic mass is 16.2. The standard InChI is InChI=1S/C46H59N11O9/c1-5-7-17-35(57-36(58)23-50-45(57)66)29-20-46(24-48-4)21-34(38(47)59)55-43(64)33(19-27-22-49-31-16-12-11-15-28(27)31)53-41(62)30(6-2)52-42(63)32(18-26-13-9-8-10-14-26)54-44(65)37(46)56-39(60)25(3)51-40(29)61/h8-16,22,24-25,29-30,32-35,37,49H,5-7,17-21,23H2,1-4H3,(H2,47,59)(H,50,66)(H,51,61)(H,52,63)(H,53,62)(H,54,65)(H,55,64)(H,56,60)/t25-,29-,30+,32-,33+,34+,35+,37-,46?/m1/s1. The van der Waals surface area contributed by atoms with E-state index in [0.717, 1.165) is 15.8 Å². The van der Waals surface area contributed by atoms with E-state index in [0.29, 0.717) is 24.0 Å². The highest BCUT2D eigenvalue weighted by Crippen LogP contribution is 2.39. The van der Waals surface area contributed by atoms with E-state index in [1.165, 1.54) is 20.2 Å². The molecule has 352 valence electrons. The van der Waals surface area contributed by atoms with Gasteiger partial charge in [-0.1, -0.05) is 75.2 Å². The molecule has 3 saturated heterocycles. The maximum absolute atomic E-state index is 15.2. The van der Waals surface area contributed by atoms with Crippen molar-refractivity contribution in [2.45, 2.75) is 114 Å². The number of primary amides is 1. The Morgan fingerprint density at radius 2 is 1.44 bits per heavy atom. The van der Waals surface area contributed by atoms with Crippen molar-refractivity contribution in [2.24, 2.45) is 22.1 Å². The molecule has 9 atom stereocenters. The predicted octanol–water partition coefficient (Wildman–Crippen LogP) is -0.00170. The normalized spacial score (nSPS) is 27.6. The third-order valence-electron chi connectivity index (χ3n) is 12.7. The molecule has 2 aromatic carbocycles. The average molecular weight is 910 g/mol. The van der Waals surface area contributed by atoms with Gasteiger partial charge < -0.3 is 52.9 Å². The number of hydrogen-bond donors (Lipinski definition) is 9. The van der Waals surface area contributed by atoms with Crippen LogP contribution < -0.4 is 43.0 Å². The number of para-hydroxylation sites is 1. The third kappa shape index (κ3) is 10.9. The van der Waals surface area contributed by atoms with Crippen LogP contribution in [0.15, 0.2) is 65.8 Å². The molecular weight excluding hydrogens is 851 g/mol. The van der Waals surface area contributed by atoms with Crippen molar-refractivity contribution < 1.29 is 43.2 Å². The highest BCUT2D eigenvalue weighted by molar-refractivity contribution is 6.04. The summed E-state index contributed by atoms with van der Waals surface area (Å²) in [6, 6.07) is 5.59. The molecular formula is C46H59N11O9. The minimum absolute atomic E-state index is 0.0702. The number of hydrogen-bond acceptors (Lipinski definition) is 10. The van der Waals surface area contributed by atoms with Crippen LogP contribution in [0.25, 0.3) is 10.9 Å². The lowest BCUT2D eigenvalue weighted by Gasteiger charge is -2.43. The number of nitrogens with one attached hydrogen (secondary N) is 8. The van der Waals surface area contributed by atoms with E-state index in [4.69, 9.17) is 5.73 Å². The minimum Gasteiger partial charge on any atom is -0.368 e. The van der Waals surface area contributed by atoms with Crippen LogP contribution >= 0.6 is 0 Å². The Balaban J connectivity index is 1.56. The Hall–Kier alpha value is -7.12. The molecule has 20 nitrogen and oxygen atoms in total. The molecule has 0 spiro atoms. The van der Waals surface area contributed by atoms with Gasteiger partial charge in [-0.05, 0) is 49.8 Å². The van der Waals surface area contributed by atoms with Gasteiger partial charge in [0.2, 0.25) is 47.3 Å². The summed E-state index contributed by atoms with van der Waals surface area (Å²) >= 11 is 0. The lowest BCUT2D eigenvalue weighted by Crippen LogP contribution is -2.64. The molecule has 3 aliphatic rings. The molecule has 1 aromatic heterocycles. The first-order chi connectivity index (χ1) is 31.6. The molecule has 4 heterocycles. The molecule has 0 saturated carbocycles. The molecule has 3 fully saturated rings. The molecule has 20 heteroatoms. The van der Waals surface area contributed by atoms with E-state index in [1.54, 1.807) is 43.5 Å². The van der Waals surface area contributed by atoms with Gasteiger partial charge in [0, 0.05) is 48.6 Å². The first-order valence-electron chi connectivity index (χ1n) is 22.3. The van der Waals surface area contributed by atoms with Gasteiger partial charge in [-0.3, -0.25) is 43.3 Å². The number of carbonyl (C=O) groups is 9. The smallest absolute Gasteiger partial charge is 0.324 e. The van der Waals surface area contributed by atoms with E-state index >= 15 is 4.79 Å². The number of benzene rings is 2. The molecule has 66 heavy (non-hydrogen) atoms. The Morgan fingerprint density at radius 1 is 0.788 bits per heavy atom. The van der Waals surface area contributed by atoms with Crippen LogP contribution in [0, 0.1) is 11.3 Å². The van der Waals surface area contributed by atoms with Crippen molar-refractivity contribution in [1.82, 2.24) is 47.1 Å². The first kappa shape index (κ1) is 48.3. The van der Waals surface area contributed by atoms with Crippen LogP contribution in [0.4, 0.5) is 4.79 Å². The second kappa shape index (κ2) is 21.2. The Labute approximate surface area is 381 Å². The largest absolute Gasteiger partial charge is 0.368 e. The van der Waals surface area contributed by atoms with Gasteiger partial charge >= 0.3 is 6.03 Å². The van der Waals surface area contributed by atoms with Crippen molar-refractivity contribution >= 4 is 70.4 Å². The van der Waals surface area contributed by atoms with Crippen molar-refractivity contribution in [3.8, 4) is 0 Å². The Kier molecular flexibility index (Phi) is 15.6. The van der Waals surface area contributed by atoms with Gasteiger partial charge in [0.05, 0.1) is 18.5 Å². The zero-order valence-electron chi connectivity index (χ0n) is 37.5. The van der Waals surface area contributed by atoms with E-state index in [2.05, 4.69) is 47.2 Å². The summed E-state index contributed by atoms with van der Waals surface area (Å²) < 4.78 is 0. The average Bonchev–Trinajstić information content (AvgIpc) is 3.87. The van der Waals surface area contributed by atoms with Gasteiger partial charge in [0.1, 0.15) is 36.3 Å². The van der Waals surface area contributed by atoms with E-state index < -0.39 is 120 Å². The number of H-pyrrole nitrogens is 1. The first-order valence-corrected chi connectivity index (χ1v) is 22.3. The zero-order chi connectivity index (χ0) is 47.7. The number of unbranched alkanes of at least 4 members (excludes halogenated alkanes) is 1. The van der Waals surface area contributed by atoms with Crippen LogP contribution in [0.3, 0.4) is 0 Å². The summed E-state index contributed by atoms with van der Waals surface area (Å²) in [4.78, 5) is 136. The number of nitrogens with zero attached hydrogens (tertiary/aromatic N) is 2. The molecule has 6 rings (SSSR count). The van der Waals surface area contributed by atoms with Crippen molar-refractivity contribution in [2.75, 3.05) is 13.6 Å². The number of amides is 10. The Bertz CT molecular complexity index is 2350. The monoisotopic (exact) mass is 909 g/mol. The Morgan fingerprint density at radius 3 is 2.11 bits per heavy atom. The van der Waals surface area contributed by atoms with Gasteiger partial charge in [-0.25, -0.2) is 4.79 Å². The minimum atomic E-state index is -1.94. The van der Waals surface area contributed by atoms with Crippen LogP contribution in [0.5, 0.6) is 0 Å². The third-order valence-corrected chi connectivity index (χ3v) is 12.7. The highest BCUT2D eigenvalue weighted by Gasteiger charge is 2.53. The molecule has 10 amide bonds. The van der Waals surface area contributed by atoms with Crippen molar-refractivity contribution in [3.05, 3.63) is 71.9 Å². The van der Waals surface area contributed by atoms with E-state index in [9.17, 15) is 38.4 Å². The number of imide groups is 1. The van der Waals surface area contributed by atoms with Crippen LogP contribution in [-0.2, 0) is 51.2 Å². The summed E-state index contributed by atoms with van der Waals surface area (Å²) in [5.41, 5.74) is 6.21. The number of carbonyl (C=O) groups excluding carboxylic acids is 9. The summed E-state index contributed by atoms with van der Waals surface area (Å²) in [5, 5.41) is 19.8. The zero-order valence-corrected chi connectivity index (χ0v) is 37.5. The summed E-state index contributed by atoms with van der Waals surface area (Å²) in [5.74, 6) is -7.87. The lowest BCUT2D eigenvalue weighted by atomic mass is 9.67. The predicted molar refractivity (Wildman–Crippen MR) is 242 cm³/mol. The maximum Gasteiger partial charge on any atom is 0.324 e. The summed E-state index contributed by atoms with van der Waals surface area (Å²) in [6.07, 6.45) is 3.06. The van der Waals surface area contributed by atoms with Gasteiger partial charge in [0.15, 0.2) is 0 Å². The number of urea groups is 1. The van der Waals surface area contributed by atoms with Gasteiger partial charge in [-0.15, -0.1) is 0 Å². The van der Waals surface area contributed by atoms with Gasteiger partial charge in [-0.2, -0.15) is 0 Å². The second-order valence-electron chi connectivity index (χ2n) is 17.2. The fourth-order valence-electron chi connectivity index (χ4n) is 9.20. The SMILES string of the molecule is CCCC[C@@H]([C@H]1CC2(C=NC)C[C@@H](C(N)=O)NC(=O)[C@H](Cc3c[nH]c4ccccc34)NC(=O)[C@H](CC)NC(=O)[C@@H](Cc3ccccc3)NC(=O)[C@H]2NC(=O)[C@@H](C)NC1=O)N1C(=O)CNC1=O. The van der Waals surface area contributed by atoms with Crippen LogP contribution in [0.2, 0.25) is 0 Å². The van der Waals surface area contributed by atoms with Gasteiger partial charge in [0.25, 0.3) is 0 Å².